The molecule has 0 saturated carbocycles. The maximum absolute atomic E-state index is 12.9. The number of benzene rings is 1. The molecule has 1 aromatic rings. The first-order chi connectivity index (χ1) is 9.97. The molecule has 0 aromatic heterocycles. The average Bonchev–Trinajstić information content (AvgIpc) is 2.43. The van der Waals surface area contributed by atoms with E-state index in [1.807, 2.05) is 6.92 Å². The highest BCUT2D eigenvalue weighted by Crippen LogP contribution is 2.09. The van der Waals surface area contributed by atoms with Crippen molar-refractivity contribution in [2.45, 2.75) is 26.2 Å². The number of carboxylic acids is 1. The molecule has 0 heterocycles. The highest BCUT2D eigenvalue weighted by atomic mass is 19.1. The fourth-order valence-corrected chi connectivity index (χ4v) is 1.80. The van der Waals surface area contributed by atoms with Crippen LogP contribution >= 0.6 is 0 Å². The SMILES string of the molecule is CC(CCNC(=O)C=Cc1cccc(F)c1)CCC(=O)O. The highest BCUT2D eigenvalue weighted by molar-refractivity contribution is 5.91. The summed E-state index contributed by atoms with van der Waals surface area (Å²) in [5, 5.41) is 11.3. The van der Waals surface area contributed by atoms with Crippen LogP contribution in [0.2, 0.25) is 0 Å². The van der Waals surface area contributed by atoms with E-state index < -0.39 is 5.97 Å². The quantitative estimate of drug-likeness (QED) is 0.724. The maximum Gasteiger partial charge on any atom is 0.303 e. The first-order valence-electron chi connectivity index (χ1n) is 6.90. The first kappa shape index (κ1) is 16.9. The Morgan fingerprint density at radius 3 is 2.81 bits per heavy atom. The molecule has 0 fully saturated rings. The smallest absolute Gasteiger partial charge is 0.303 e. The van der Waals surface area contributed by atoms with Crippen LogP contribution in [-0.2, 0) is 9.59 Å². The predicted molar refractivity (Wildman–Crippen MR) is 79.1 cm³/mol. The molecule has 0 aliphatic carbocycles. The Balaban J connectivity index is 2.26. The average molecular weight is 293 g/mol. The van der Waals surface area contributed by atoms with E-state index in [1.54, 1.807) is 18.2 Å². The zero-order valence-corrected chi connectivity index (χ0v) is 12.0. The van der Waals surface area contributed by atoms with Crippen molar-refractivity contribution in [3.63, 3.8) is 0 Å². The van der Waals surface area contributed by atoms with Crippen molar-refractivity contribution in [1.82, 2.24) is 5.32 Å². The number of carbonyl (C=O) groups excluding carboxylic acids is 1. The Morgan fingerprint density at radius 1 is 1.38 bits per heavy atom. The normalized spacial score (nSPS) is 12.3. The summed E-state index contributed by atoms with van der Waals surface area (Å²) < 4.78 is 12.9. The van der Waals surface area contributed by atoms with Gasteiger partial charge in [-0.1, -0.05) is 19.1 Å². The van der Waals surface area contributed by atoms with Gasteiger partial charge in [0.15, 0.2) is 0 Å². The number of carboxylic acid groups (broad SMARTS) is 1. The lowest BCUT2D eigenvalue weighted by atomic mass is 10.0. The molecular formula is C16H20FNO3. The van der Waals surface area contributed by atoms with Gasteiger partial charge in [-0.3, -0.25) is 9.59 Å². The molecule has 21 heavy (non-hydrogen) atoms. The molecule has 114 valence electrons. The van der Waals surface area contributed by atoms with Crippen molar-refractivity contribution in [3.05, 3.63) is 41.7 Å². The molecule has 0 spiro atoms. The van der Waals surface area contributed by atoms with Gasteiger partial charge < -0.3 is 10.4 Å². The van der Waals surface area contributed by atoms with E-state index in [0.29, 0.717) is 18.5 Å². The maximum atomic E-state index is 12.9. The predicted octanol–water partition coefficient (Wildman–Crippen LogP) is 2.85. The van der Waals surface area contributed by atoms with Crippen molar-refractivity contribution in [3.8, 4) is 0 Å². The summed E-state index contributed by atoms with van der Waals surface area (Å²) >= 11 is 0. The van der Waals surface area contributed by atoms with Crippen LogP contribution < -0.4 is 5.32 Å². The summed E-state index contributed by atoms with van der Waals surface area (Å²) in [4.78, 5) is 22.0. The van der Waals surface area contributed by atoms with Crippen LogP contribution in [0.1, 0.15) is 31.7 Å². The van der Waals surface area contributed by atoms with Gasteiger partial charge in [0.1, 0.15) is 5.82 Å². The second-order valence-electron chi connectivity index (χ2n) is 5.01. The van der Waals surface area contributed by atoms with Gasteiger partial charge in [0, 0.05) is 19.0 Å². The molecule has 1 aromatic carbocycles. The lowest BCUT2D eigenvalue weighted by Crippen LogP contribution is -2.23. The van der Waals surface area contributed by atoms with Crippen molar-refractivity contribution in [2.75, 3.05) is 6.54 Å². The van der Waals surface area contributed by atoms with E-state index in [2.05, 4.69) is 5.32 Å². The lowest BCUT2D eigenvalue weighted by Gasteiger charge is -2.09. The van der Waals surface area contributed by atoms with Crippen LogP contribution in [0.5, 0.6) is 0 Å². The van der Waals surface area contributed by atoms with Crippen LogP contribution in [0.4, 0.5) is 4.39 Å². The van der Waals surface area contributed by atoms with E-state index >= 15 is 0 Å². The largest absolute Gasteiger partial charge is 0.481 e. The van der Waals surface area contributed by atoms with E-state index in [1.165, 1.54) is 18.2 Å². The molecule has 0 radical (unpaired) electrons. The Morgan fingerprint density at radius 2 is 2.14 bits per heavy atom. The van der Waals surface area contributed by atoms with E-state index in [9.17, 15) is 14.0 Å². The molecule has 4 nitrogen and oxygen atoms in total. The molecule has 5 heteroatoms. The fraction of sp³-hybridized carbons (Fsp3) is 0.375. The Hall–Kier alpha value is -2.17. The molecule has 0 aliphatic heterocycles. The number of amides is 1. The molecule has 1 unspecified atom stereocenters. The minimum absolute atomic E-state index is 0.147. The first-order valence-corrected chi connectivity index (χ1v) is 6.90. The minimum Gasteiger partial charge on any atom is -0.481 e. The second-order valence-corrected chi connectivity index (χ2v) is 5.01. The van der Waals surface area contributed by atoms with Gasteiger partial charge in [-0.25, -0.2) is 4.39 Å². The van der Waals surface area contributed by atoms with Gasteiger partial charge >= 0.3 is 5.97 Å². The molecule has 1 amide bonds. The van der Waals surface area contributed by atoms with Gasteiger partial charge in [0.25, 0.3) is 0 Å². The highest BCUT2D eigenvalue weighted by Gasteiger charge is 2.05. The Bertz CT molecular complexity index is 514. The monoisotopic (exact) mass is 293 g/mol. The van der Waals surface area contributed by atoms with Crippen molar-refractivity contribution < 1.29 is 19.1 Å². The van der Waals surface area contributed by atoms with E-state index in [-0.39, 0.29) is 24.1 Å². The molecule has 0 aliphatic rings. The fourth-order valence-electron chi connectivity index (χ4n) is 1.80. The summed E-state index contributed by atoms with van der Waals surface area (Å²) in [5.41, 5.74) is 0.625. The van der Waals surface area contributed by atoms with Gasteiger partial charge in [-0.05, 0) is 42.5 Å². The van der Waals surface area contributed by atoms with Crippen LogP contribution in [0, 0.1) is 11.7 Å². The molecule has 1 atom stereocenters. The zero-order chi connectivity index (χ0) is 15.7. The summed E-state index contributed by atoms with van der Waals surface area (Å²) in [6, 6.07) is 5.98. The molecular weight excluding hydrogens is 273 g/mol. The standard InChI is InChI=1S/C16H20FNO3/c1-12(5-8-16(20)21)9-10-18-15(19)7-6-13-3-2-4-14(17)11-13/h2-4,6-7,11-12H,5,8-10H2,1H3,(H,18,19)(H,20,21). The minimum atomic E-state index is -0.802. The number of carbonyl (C=O) groups is 2. The van der Waals surface area contributed by atoms with Gasteiger partial charge in [-0.2, -0.15) is 0 Å². The molecule has 0 saturated heterocycles. The number of rotatable bonds is 8. The number of halogens is 1. The molecule has 2 N–H and O–H groups in total. The van der Waals surface area contributed by atoms with Crippen LogP contribution in [0.3, 0.4) is 0 Å². The van der Waals surface area contributed by atoms with Gasteiger partial charge in [0.05, 0.1) is 0 Å². The van der Waals surface area contributed by atoms with Crippen LogP contribution in [0.15, 0.2) is 30.3 Å². The number of hydrogen-bond acceptors (Lipinski definition) is 2. The van der Waals surface area contributed by atoms with Crippen molar-refractivity contribution >= 4 is 18.0 Å². The topological polar surface area (TPSA) is 66.4 Å². The second kappa shape index (κ2) is 8.89. The summed E-state index contributed by atoms with van der Waals surface area (Å²) in [7, 11) is 0. The Labute approximate surface area is 123 Å². The third kappa shape index (κ3) is 7.87. The molecule has 1 rings (SSSR count). The Kier molecular flexibility index (Phi) is 7.15. The van der Waals surface area contributed by atoms with Crippen LogP contribution in [-0.4, -0.2) is 23.5 Å². The third-order valence-electron chi connectivity index (χ3n) is 3.06. The van der Waals surface area contributed by atoms with Gasteiger partial charge in [-0.15, -0.1) is 0 Å². The number of aliphatic carboxylic acids is 1. The van der Waals surface area contributed by atoms with Gasteiger partial charge in [0.2, 0.25) is 5.91 Å². The summed E-state index contributed by atoms with van der Waals surface area (Å²) in [6.07, 6.45) is 4.38. The lowest BCUT2D eigenvalue weighted by molar-refractivity contribution is -0.137. The summed E-state index contributed by atoms with van der Waals surface area (Å²) in [5.74, 6) is -1.15. The summed E-state index contributed by atoms with van der Waals surface area (Å²) in [6.45, 7) is 2.45. The van der Waals surface area contributed by atoms with Crippen molar-refractivity contribution in [2.24, 2.45) is 5.92 Å². The molecule has 0 bridgehead atoms. The van der Waals surface area contributed by atoms with Crippen LogP contribution in [0.25, 0.3) is 6.08 Å². The van der Waals surface area contributed by atoms with E-state index in [0.717, 1.165) is 6.42 Å². The zero-order valence-electron chi connectivity index (χ0n) is 12.0. The van der Waals surface area contributed by atoms with E-state index in [4.69, 9.17) is 5.11 Å². The third-order valence-corrected chi connectivity index (χ3v) is 3.06. The van der Waals surface area contributed by atoms with Crippen molar-refractivity contribution in [1.29, 1.82) is 0 Å². The number of nitrogens with one attached hydrogen (secondary N) is 1. The number of hydrogen-bond donors (Lipinski definition) is 2.